The van der Waals surface area contributed by atoms with Crippen LogP contribution < -0.4 is 5.73 Å². The number of hydrogen-bond acceptors (Lipinski definition) is 3. The third-order valence-corrected chi connectivity index (χ3v) is 3.19. The maximum Gasteiger partial charge on any atom is 0.165 e. The van der Waals surface area contributed by atoms with Gasteiger partial charge >= 0.3 is 0 Å². The number of anilines is 1. The Morgan fingerprint density at radius 2 is 2.50 bits per heavy atom. The predicted octanol–water partition coefficient (Wildman–Crippen LogP) is 0.660. The van der Waals surface area contributed by atoms with Gasteiger partial charge < -0.3 is 5.73 Å². The van der Waals surface area contributed by atoms with Crippen LogP contribution in [0.4, 0.5) is 5.82 Å². The molecule has 1 spiro atoms. The van der Waals surface area contributed by atoms with Crippen LogP contribution in [0, 0.1) is 11.3 Å². The van der Waals surface area contributed by atoms with Crippen molar-refractivity contribution in [2.75, 3.05) is 5.73 Å². The van der Waals surface area contributed by atoms with Crippen molar-refractivity contribution in [2.45, 2.75) is 25.8 Å². The van der Waals surface area contributed by atoms with Crippen LogP contribution in [-0.4, -0.2) is 15.0 Å². The molecule has 1 aromatic heterocycles. The molecule has 0 aliphatic heterocycles. The Balaban J connectivity index is 1.69. The van der Waals surface area contributed by atoms with Crippen molar-refractivity contribution in [3.63, 3.8) is 0 Å². The highest BCUT2D eigenvalue weighted by Crippen LogP contribution is 2.70. The summed E-state index contributed by atoms with van der Waals surface area (Å²) in [7, 11) is 0. The first-order valence-electron chi connectivity index (χ1n) is 4.44. The van der Waals surface area contributed by atoms with Crippen LogP contribution >= 0.6 is 0 Å². The molecule has 1 atom stereocenters. The first-order valence-corrected chi connectivity index (χ1v) is 4.44. The highest BCUT2D eigenvalue weighted by Gasteiger charge is 2.62. The van der Waals surface area contributed by atoms with Gasteiger partial charge in [-0.3, -0.25) is 0 Å². The normalized spacial score (nSPS) is 29.2. The van der Waals surface area contributed by atoms with Crippen molar-refractivity contribution in [2.24, 2.45) is 11.3 Å². The van der Waals surface area contributed by atoms with Crippen molar-refractivity contribution in [3.8, 4) is 0 Å². The quantitative estimate of drug-likeness (QED) is 0.698. The molecule has 0 saturated heterocycles. The second kappa shape index (κ2) is 1.81. The SMILES string of the molecule is Nc1cnn(CC2CC23CC3)n1. The van der Waals surface area contributed by atoms with E-state index in [1.165, 1.54) is 19.3 Å². The van der Waals surface area contributed by atoms with E-state index >= 15 is 0 Å². The van der Waals surface area contributed by atoms with E-state index in [4.69, 9.17) is 5.73 Å². The molecular formula is C8H12N4. The Morgan fingerprint density at radius 1 is 1.67 bits per heavy atom. The number of rotatable bonds is 2. The Bertz CT molecular complexity index is 313. The van der Waals surface area contributed by atoms with Crippen molar-refractivity contribution in [1.82, 2.24) is 15.0 Å². The molecular weight excluding hydrogens is 152 g/mol. The van der Waals surface area contributed by atoms with E-state index in [0.29, 0.717) is 5.82 Å². The molecule has 2 aliphatic rings. The van der Waals surface area contributed by atoms with Crippen LogP contribution in [0.5, 0.6) is 0 Å². The van der Waals surface area contributed by atoms with Crippen LogP contribution in [0.2, 0.25) is 0 Å². The summed E-state index contributed by atoms with van der Waals surface area (Å²) in [4.78, 5) is 1.73. The van der Waals surface area contributed by atoms with Gasteiger partial charge in [-0.1, -0.05) is 0 Å². The molecule has 2 aliphatic carbocycles. The molecule has 0 amide bonds. The van der Waals surface area contributed by atoms with Crippen LogP contribution in [0.3, 0.4) is 0 Å². The summed E-state index contributed by atoms with van der Waals surface area (Å²) in [6.07, 6.45) is 5.85. The monoisotopic (exact) mass is 164 g/mol. The average Bonchev–Trinajstić information content (AvgIpc) is 2.89. The average molecular weight is 164 g/mol. The molecule has 1 heterocycles. The fraction of sp³-hybridized carbons (Fsp3) is 0.750. The van der Waals surface area contributed by atoms with Crippen molar-refractivity contribution in [3.05, 3.63) is 6.20 Å². The summed E-state index contributed by atoms with van der Waals surface area (Å²) < 4.78 is 0. The standard InChI is InChI=1S/C8H12N4/c9-7-4-10-12(11-7)5-6-3-8(6)1-2-8/h4,6H,1-3,5H2,(H2,9,11). The minimum absolute atomic E-state index is 0.528. The molecule has 0 radical (unpaired) electrons. The van der Waals surface area contributed by atoms with Crippen LogP contribution in [-0.2, 0) is 6.54 Å². The van der Waals surface area contributed by atoms with Gasteiger partial charge in [-0.25, -0.2) is 0 Å². The number of hydrogen-bond donors (Lipinski definition) is 1. The van der Waals surface area contributed by atoms with Gasteiger partial charge in [-0.2, -0.15) is 9.90 Å². The first-order chi connectivity index (χ1) is 5.78. The molecule has 1 unspecified atom stereocenters. The van der Waals surface area contributed by atoms with Crippen LogP contribution in [0.1, 0.15) is 19.3 Å². The largest absolute Gasteiger partial charge is 0.381 e. The molecule has 4 nitrogen and oxygen atoms in total. The van der Waals surface area contributed by atoms with Crippen molar-refractivity contribution in [1.29, 1.82) is 0 Å². The molecule has 2 saturated carbocycles. The number of aromatic nitrogens is 3. The molecule has 1 aromatic rings. The molecule has 0 bridgehead atoms. The van der Waals surface area contributed by atoms with Crippen molar-refractivity contribution >= 4 is 5.82 Å². The summed E-state index contributed by atoms with van der Waals surface area (Å²) in [5.41, 5.74) is 6.20. The van der Waals surface area contributed by atoms with Gasteiger partial charge in [-0.05, 0) is 30.6 Å². The molecule has 0 aromatic carbocycles. The zero-order valence-electron chi connectivity index (χ0n) is 6.90. The van der Waals surface area contributed by atoms with Gasteiger partial charge in [-0.15, -0.1) is 5.10 Å². The Kier molecular flexibility index (Phi) is 0.975. The minimum Gasteiger partial charge on any atom is -0.381 e. The lowest BCUT2D eigenvalue weighted by Crippen LogP contribution is -2.05. The second-order valence-electron chi connectivity index (χ2n) is 4.09. The molecule has 64 valence electrons. The van der Waals surface area contributed by atoms with Gasteiger partial charge in [0.05, 0.1) is 12.7 Å². The maximum absolute atomic E-state index is 5.46. The smallest absolute Gasteiger partial charge is 0.165 e. The lowest BCUT2D eigenvalue weighted by molar-refractivity contribution is 0.473. The van der Waals surface area contributed by atoms with Gasteiger partial charge in [0.15, 0.2) is 5.82 Å². The fourth-order valence-corrected chi connectivity index (χ4v) is 2.06. The van der Waals surface area contributed by atoms with E-state index in [-0.39, 0.29) is 0 Å². The van der Waals surface area contributed by atoms with Crippen LogP contribution in [0.25, 0.3) is 0 Å². The van der Waals surface area contributed by atoms with E-state index < -0.39 is 0 Å². The summed E-state index contributed by atoms with van der Waals surface area (Å²) in [6.45, 7) is 0.969. The third-order valence-electron chi connectivity index (χ3n) is 3.19. The first kappa shape index (κ1) is 6.46. The lowest BCUT2D eigenvalue weighted by Gasteiger charge is -1.95. The zero-order chi connectivity index (χ0) is 8.18. The predicted molar refractivity (Wildman–Crippen MR) is 44.2 cm³/mol. The van der Waals surface area contributed by atoms with Gasteiger partial charge in [0.2, 0.25) is 0 Å². The minimum atomic E-state index is 0.528. The second-order valence-corrected chi connectivity index (χ2v) is 4.09. The van der Waals surface area contributed by atoms with Gasteiger partial charge in [0.1, 0.15) is 0 Å². The highest BCUT2D eigenvalue weighted by atomic mass is 15.5. The third kappa shape index (κ3) is 0.838. The highest BCUT2D eigenvalue weighted by molar-refractivity contribution is 5.19. The van der Waals surface area contributed by atoms with E-state index in [1.54, 1.807) is 11.0 Å². The number of nitrogens with zero attached hydrogens (tertiary/aromatic N) is 3. The molecule has 3 rings (SSSR count). The fourth-order valence-electron chi connectivity index (χ4n) is 2.06. The Hall–Kier alpha value is -1.06. The van der Waals surface area contributed by atoms with Gasteiger partial charge in [0.25, 0.3) is 0 Å². The summed E-state index contributed by atoms with van der Waals surface area (Å²) >= 11 is 0. The topological polar surface area (TPSA) is 56.7 Å². The van der Waals surface area contributed by atoms with E-state index in [9.17, 15) is 0 Å². The molecule has 2 N–H and O–H groups in total. The van der Waals surface area contributed by atoms with E-state index in [0.717, 1.165) is 17.9 Å². The Labute approximate surface area is 70.7 Å². The van der Waals surface area contributed by atoms with Crippen molar-refractivity contribution < 1.29 is 0 Å². The molecule has 12 heavy (non-hydrogen) atoms. The zero-order valence-corrected chi connectivity index (χ0v) is 6.90. The molecule has 2 fully saturated rings. The van der Waals surface area contributed by atoms with E-state index in [2.05, 4.69) is 10.2 Å². The van der Waals surface area contributed by atoms with Crippen LogP contribution in [0.15, 0.2) is 6.20 Å². The maximum atomic E-state index is 5.46. The summed E-state index contributed by atoms with van der Waals surface area (Å²) in [5, 5.41) is 8.14. The summed E-state index contributed by atoms with van der Waals surface area (Å²) in [6, 6.07) is 0. The lowest BCUT2D eigenvalue weighted by atomic mass is 10.3. The molecule has 4 heteroatoms. The summed E-state index contributed by atoms with van der Waals surface area (Å²) in [5.74, 6) is 1.37. The Morgan fingerprint density at radius 3 is 3.00 bits per heavy atom. The van der Waals surface area contributed by atoms with E-state index in [1.807, 2.05) is 0 Å². The number of nitrogen functional groups attached to an aromatic ring is 1. The van der Waals surface area contributed by atoms with Gasteiger partial charge in [0, 0.05) is 0 Å². The number of nitrogens with two attached hydrogens (primary N) is 1.